The summed E-state index contributed by atoms with van der Waals surface area (Å²) in [6.45, 7) is 4.03. The lowest BCUT2D eigenvalue weighted by Crippen LogP contribution is -2.53. The highest BCUT2D eigenvalue weighted by atomic mass is 16.5. The van der Waals surface area contributed by atoms with E-state index in [1.807, 2.05) is 91.5 Å². The number of nitrogens with zero attached hydrogens (tertiary/aromatic N) is 3. The van der Waals surface area contributed by atoms with Gasteiger partial charge in [-0.2, -0.15) is 0 Å². The van der Waals surface area contributed by atoms with Crippen molar-refractivity contribution >= 4 is 17.5 Å². The minimum Gasteiger partial charge on any atom is -0.493 e. The summed E-state index contributed by atoms with van der Waals surface area (Å²) in [5.74, 6) is 0.949. The Balaban J connectivity index is 1.35. The van der Waals surface area contributed by atoms with Gasteiger partial charge in [0.1, 0.15) is 6.61 Å². The fraction of sp³-hybridized carbons (Fsp3) is 0.355. The average Bonchev–Trinajstić information content (AvgIpc) is 3.41. The number of ether oxygens (including phenoxy) is 3. The third-order valence-corrected chi connectivity index (χ3v) is 7.44. The molecular weight excluding hydrogens is 494 g/mol. The van der Waals surface area contributed by atoms with Crippen molar-refractivity contribution in [2.75, 3.05) is 52.3 Å². The minimum absolute atomic E-state index is 0.0543. The van der Waals surface area contributed by atoms with E-state index in [1.54, 1.807) is 18.1 Å². The summed E-state index contributed by atoms with van der Waals surface area (Å²) in [5, 5.41) is 0. The fourth-order valence-electron chi connectivity index (χ4n) is 5.26. The van der Waals surface area contributed by atoms with E-state index in [0.717, 1.165) is 16.8 Å². The molecule has 2 aliphatic rings. The van der Waals surface area contributed by atoms with Crippen molar-refractivity contribution in [2.24, 2.45) is 0 Å². The van der Waals surface area contributed by atoms with Gasteiger partial charge >= 0.3 is 0 Å². The second-order valence-corrected chi connectivity index (χ2v) is 10.2. The molecule has 2 heterocycles. The summed E-state index contributed by atoms with van der Waals surface area (Å²) in [5.41, 5.74) is 3.98. The Morgan fingerprint density at radius 2 is 1.77 bits per heavy atom. The summed E-state index contributed by atoms with van der Waals surface area (Å²) in [4.78, 5) is 32.9. The SMILES string of the molecule is COc1cc(C)c(C(=O)N2CCO[C@@H]3CN(C(=O)c4cccc(N(C)C)c4)C[C@@H]32)cc1OCc1ccccc1. The van der Waals surface area contributed by atoms with Crippen LogP contribution in [-0.2, 0) is 11.3 Å². The van der Waals surface area contributed by atoms with Gasteiger partial charge in [-0.15, -0.1) is 0 Å². The number of aryl methyl sites for hydroxylation is 1. The van der Waals surface area contributed by atoms with Crippen LogP contribution in [0.5, 0.6) is 11.5 Å². The molecule has 3 aromatic carbocycles. The van der Waals surface area contributed by atoms with Crippen molar-refractivity contribution < 1.29 is 23.8 Å². The van der Waals surface area contributed by atoms with Gasteiger partial charge in [0.05, 0.1) is 25.9 Å². The molecule has 0 unspecified atom stereocenters. The molecule has 2 amide bonds. The first-order valence-corrected chi connectivity index (χ1v) is 13.2. The quantitative estimate of drug-likeness (QED) is 0.461. The van der Waals surface area contributed by atoms with E-state index in [1.165, 1.54) is 0 Å². The van der Waals surface area contributed by atoms with Crippen molar-refractivity contribution in [1.82, 2.24) is 9.80 Å². The lowest BCUT2D eigenvalue weighted by Gasteiger charge is -2.37. The number of likely N-dealkylation sites (tertiary alicyclic amines) is 1. The molecule has 0 spiro atoms. The highest BCUT2D eigenvalue weighted by molar-refractivity contribution is 5.97. The zero-order valence-corrected chi connectivity index (χ0v) is 22.9. The van der Waals surface area contributed by atoms with Crippen molar-refractivity contribution in [3.63, 3.8) is 0 Å². The Labute approximate surface area is 229 Å². The smallest absolute Gasteiger partial charge is 0.254 e. The van der Waals surface area contributed by atoms with Gasteiger partial charge in [-0.3, -0.25) is 9.59 Å². The van der Waals surface area contributed by atoms with E-state index in [0.29, 0.717) is 55.5 Å². The van der Waals surface area contributed by atoms with Gasteiger partial charge in [-0.25, -0.2) is 0 Å². The normalized spacial score (nSPS) is 18.5. The van der Waals surface area contributed by atoms with Crippen molar-refractivity contribution in [3.8, 4) is 11.5 Å². The molecule has 0 aromatic heterocycles. The highest BCUT2D eigenvalue weighted by Gasteiger charge is 2.44. The molecule has 2 fully saturated rings. The van der Waals surface area contributed by atoms with Crippen LogP contribution in [0.25, 0.3) is 0 Å². The molecule has 39 heavy (non-hydrogen) atoms. The van der Waals surface area contributed by atoms with Crippen LogP contribution >= 0.6 is 0 Å². The number of hydrogen-bond donors (Lipinski definition) is 0. The fourth-order valence-corrected chi connectivity index (χ4v) is 5.26. The maximum atomic E-state index is 13.9. The molecule has 204 valence electrons. The van der Waals surface area contributed by atoms with Crippen LogP contribution in [-0.4, -0.2) is 81.2 Å². The third kappa shape index (κ3) is 5.56. The maximum Gasteiger partial charge on any atom is 0.254 e. The first-order chi connectivity index (χ1) is 18.9. The van der Waals surface area contributed by atoms with Crippen molar-refractivity contribution in [3.05, 3.63) is 89.0 Å². The molecule has 0 N–H and O–H groups in total. The zero-order chi connectivity index (χ0) is 27.5. The Morgan fingerprint density at radius 3 is 2.51 bits per heavy atom. The van der Waals surface area contributed by atoms with Gasteiger partial charge in [0.25, 0.3) is 11.8 Å². The van der Waals surface area contributed by atoms with Crippen LogP contribution in [0, 0.1) is 6.92 Å². The van der Waals surface area contributed by atoms with Crippen molar-refractivity contribution in [1.29, 1.82) is 0 Å². The molecule has 2 aliphatic heterocycles. The van der Waals surface area contributed by atoms with Crippen molar-refractivity contribution in [2.45, 2.75) is 25.7 Å². The number of methoxy groups -OCH3 is 1. The van der Waals surface area contributed by atoms with E-state index in [2.05, 4.69) is 0 Å². The summed E-state index contributed by atoms with van der Waals surface area (Å²) < 4.78 is 17.7. The maximum absolute atomic E-state index is 13.9. The standard InChI is InChI=1S/C31H35N3O5/c1-21-15-27(37-4)28(39-20-22-9-6-5-7-10-22)17-25(21)31(36)34-13-14-38-29-19-33(18-26(29)34)30(35)23-11-8-12-24(16-23)32(2)3/h5-12,15-17,26,29H,13-14,18-20H2,1-4H3/t26-,29+/m0/s1. The van der Waals surface area contributed by atoms with E-state index in [9.17, 15) is 9.59 Å². The molecule has 2 atom stereocenters. The molecule has 0 saturated carbocycles. The second kappa shape index (κ2) is 11.4. The number of carbonyl (C=O) groups is 2. The molecule has 2 saturated heterocycles. The number of carbonyl (C=O) groups excluding carboxylic acids is 2. The van der Waals surface area contributed by atoms with Crippen LogP contribution < -0.4 is 14.4 Å². The Morgan fingerprint density at radius 1 is 0.974 bits per heavy atom. The summed E-state index contributed by atoms with van der Waals surface area (Å²) in [7, 11) is 5.49. The second-order valence-electron chi connectivity index (χ2n) is 10.2. The molecule has 0 aliphatic carbocycles. The first kappa shape index (κ1) is 26.6. The molecule has 5 rings (SSSR count). The van der Waals surface area contributed by atoms with Gasteiger partial charge < -0.3 is 28.9 Å². The summed E-state index contributed by atoms with van der Waals surface area (Å²) in [6, 6.07) is 20.8. The summed E-state index contributed by atoms with van der Waals surface area (Å²) in [6.07, 6.45) is -0.226. The van der Waals surface area contributed by atoms with Gasteiger partial charge in [-0.1, -0.05) is 36.4 Å². The van der Waals surface area contributed by atoms with Crippen LogP contribution in [0.15, 0.2) is 66.7 Å². The minimum atomic E-state index is -0.226. The monoisotopic (exact) mass is 529 g/mol. The van der Waals surface area contributed by atoms with Crippen LogP contribution in [0.4, 0.5) is 5.69 Å². The number of anilines is 1. The van der Waals surface area contributed by atoms with Crippen LogP contribution in [0.2, 0.25) is 0 Å². The molecule has 3 aromatic rings. The zero-order valence-electron chi connectivity index (χ0n) is 22.9. The molecule has 0 radical (unpaired) electrons. The predicted molar refractivity (Wildman–Crippen MR) is 150 cm³/mol. The topological polar surface area (TPSA) is 71.5 Å². The number of benzene rings is 3. The molecule has 8 heteroatoms. The van der Waals surface area contributed by atoms with Gasteiger partial charge in [0.15, 0.2) is 11.5 Å². The lowest BCUT2D eigenvalue weighted by molar-refractivity contribution is -0.0369. The van der Waals surface area contributed by atoms with Gasteiger partial charge in [0.2, 0.25) is 0 Å². The van der Waals surface area contributed by atoms with Crippen LogP contribution in [0.3, 0.4) is 0 Å². The Bertz CT molecular complexity index is 1340. The van der Waals surface area contributed by atoms with E-state index >= 15 is 0 Å². The van der Waals surface area contributed by atoms with Crippen LogP contribution in [0.1, 0.15) is 31.8 Å². The number of rotatable bonds is 7. The number of hydrogen-bond acceptors (Lipinski definition) is 6. The first-order valence-electron chi connectivity index (χ1n) is 13.2. The van der Waals surface area contributed by atoms with Gasteiger partial charge in [0, 0.05) is 50.5 Å². The number of morpholine rings is 1. The lowest BCUT2D eigenvalue weighted by atomic mass is 10.0. The molecular formula is C31H35N3O5. The Kier molecular flexibility index (Phi) is 7.74. The largest absolute Gasteiger partial charge is 0.493 e. The third-order valence-electron chi connectivity index (χ3n) is 7.44. The number of fused-ring (bicyclic) bond motifs is 1. The van der Waals surface area contributed by atoms with E-state index in [4.69, 9.17) is 14.2 Å². The number of amides is 2. The van der Waals surface area contributed by atoms with E-state index in [-0.39, 0.29) is 24.0 Å². The van der Waals surface area contributed by atoms with Gasteiger partial charge in [-0.05, 0) is 48.4 Å². The predicted octanol–water partition coefficient (Wildman–Crippen LogP) is 4.01. The molecule has 8 nitrogen and oxygen atoms in total. The molecule has 0 bridgehead atoms. The highest BCUT2D eigenvalue weighted by Crippen LogP contribution is 2.33. The average molecular weight is 530 g/mol. The van der Waals surface area contributed by atoms with E-state index < -0.39 is 0 Å². The summed E-state index contributed by atoms with van der Waals surface area (Å²) >= 11 is 0. The Hall–Kier alpha value is -4.04.